The molecule has 0 amide bonds. The Morgan fingerprint density at radius 3 is 1.85 bits per heavy atom. The van der Waals surface area contributed by atoms with Crippen LogP contribution < -0.4 is 4.74 Å². The van der Waals surface area contributed by atoms with Crippen LogP contribution in [-0.2, 0) is 31.5 Å². The van der Waals surface area contributed by atoms with E-state index in [-0.39, 0.29) is 19.2 Å². The Bertz CT molecular complexity index is 734. The van der Waals surface area contributed by atoms with Gasteiger partial charge in [0.2, 0.25) is 0 Å². The standard InChI is InChI=1S/C20H21O6/c1-15(21)26-19-9-5-17(6-10-19)12-14-25-20(22)24-13-11-16-3-7-18(23-2)8-4-16/h3-10H,2,11-14H2,1H3/q+1. The molecule has 2 rings (SSSR count). The molecule has 0 saturated carbocycles. The quantitative estimate of drug-likeness (QED) is 0.410. The van der Waals surface area contributed by atoms with E-state index in [0.29, 0.717) is 24.3 Å². The predicted molar refractivity (Wildman–Crippen MR) is 95.5 cm³/mol. The number of carbonyl (C=O) groups is 2. The zero-order chi connectivity index (χ0) is 18.8. The predicted octanol–water partition coefficient (Wildman–Crippen LogP) is 3.63. The van der Waals surface area contributed by atoms with Gasteiger partial charge in [0, 0.05) is 31.9 Å². The second kappa shape index (κ2) is 9.98. The SMILES string of the molecule is C=[O+]c1ccc(CCOC(=O)OCCc2ccc(OC(C)=O)cc2)cc1. The van der Waals surface area contributed by atoms with Crippen LogP contribution >= 0.6 is 0 Å². The van der Waals surface area contributed by atoms with E-state index in [0.717, 1.165) is 11.1 Å². The van der Waals surface area contributed by atoms with E-state index in [4.69, 9.17) is 18.6 Å². The Kier molecular flexibility index (Phi) is 7.36. The first kappa shape index (κ1) is 19.2. The van der Waals surface area contributed by atoms with Crippen molar-refractivity contribution in [2.45, 2.75) is 19.8 Å². The Hall–Kier alpha value is -3.15. The lowest BCUT2D eigenvalue weighted by Crippen LogP contribution is -2.12. The van der Waals surface area contributed by atoms with Crippen LogP contribution in [0.5, 0.6) is 11.5 Å². The number of carbonyl (C=O) groups excluding carboxylic acids is 3. The minimum Gasteiger partial charge on any atom is -0.434 e. The van der Waals surface area contributed by atoms with Crippen LogP contribution in [0, 0.1) is 0 Å². The van der Waals surface area contributed by atoms with Crippen molar-refractivity contribution in [3.05, 3.63) is 59.7 Å². The van der Waals surface area contributed by atoms with Crippen LogP contribution in [-0.4, -0.2) is 32.1 Å². The van der Waals surface area contributed by atoms with Gasteiger partial charge in [-0.3, -0.25) is 4.79 Å². The molecule has 0 N–H and O–H groups in total. The van der Waals surface area contributed by atoms with Gasteiger partial charge in [-0.15, -0.1) is 0 Å². The molecule has 0 spiro atoms. The highest BCUT2D eigenvalue weighted by Crippen LogP contribution is 2.13. The summed E-state index contributed by atoms with van der Waals surface area (Å²) in [6.07, 6.45) is 0.436. The summed E-state index contributed by atoms with van der Waals surface area (Å²) in [4.78, 5) is 22.4. The summed E-state index contributed by atoms with van der Waals surface area (Å²) < 4.78 is 19.9. The van der Waals surface area contributed by atoms with Gasteiger partial charge in [-0.25, -0.2) is 9.22 Å². The lowest BCUT2D eigenvalue weighted by Gasteiger charge is -2.07. The number of rotatable bonds is 8. The topological polar surface area (TPSA) is 73.1 Å². The van der Waals surface area contributed by atoms with E-state index < -0.39 is 6.16 Å². The van der Waals surface area contributed by atoms with Crippen molar-refractivity contribution in [3.8, 4) is 11.5 Å². The van der Waals surface area contributed by atoms with Crippen molar-refractivity contribution in [1.82, 2.24) is 0 Å². The molecule has 136 valence electrons. The molecular weight excluding hydrogens is 336 g/mol. The van der Waals surface area contributed by atoms with Gasteiger partial charge in [0.1, 0.15) is 5.75 Å². The van der Waals surface area contributed by atoms with Gasteiger partial charge in [0.15, 0.2) is 0 Å². The smallest absolute Gasteiger partial charge is 0.434 e. The molecule has 2 aromatic carbocycles. The van der Waals surface area contributed by atoms with Gasteiger partial charge in [-0.05, 0) is 35.4 Å². The minimum absolute atomic E-state index is 0.210. The second-order valence-electron chi connectivity index (χ2n) is 5.47. The molecule has 6 heteroatoms. The zero-order valence-electron chi connectivity index (χ0n) is 14.6. The maximum atomic E-state index is 11.6. The highest BCUT2D eigenvalue weighted by atomic mass is 16.7. The summed E-state index contributed by atoms with van der Waals surface area (Å²) in [5.41, 5.74) is 1.98. The summed E-state index contributed by atoms with van der Waals surface area (Å²) in [5, 5.41) is 0. The molecule has 0 heterocycles. The first-order valence-electron chi connectivity index (χ1n) is 8.14. The van der Waals surface area contributed by atoms with Crippen molar-refractivity contribution in [1.29, 1.82) is 0 Å². The normalized spacial score (nSPS) is 10.0. The molecule has 0 aromatic heterocycles. The van der Waals surface area contributed by atoms with Gasteiger partial charge < -0.3 is 14.2 Å². The number of hydrogen-bond acceptors (Lipinski definition) is 5. The molecule has 0 fully saturated rings. The highest BCUT2D eigenvalue weighted by molar-refractivity contribution is 5.69. The summed E-state index contributed by atoms with van der Waals surface area (Å²) in [6.45, 7) is 5.12. The van der Waals surface area contributed by atoms with Crippen molar-refractivity contribution in [2.75, 3.05) is 13.2 Å². The van der Waals surface area contributed by atoms with E-state index >= 15 is 0 Å². The summed E-state index contributed by atoms with van der Waals surface area (Å²) in [7, 11) is 0. The third kappa shape index (κ3) is 6.76. The molecule has 0 aliphatic rings. The number of benzene rings is 2. The highest BCUT2D eigenvalue weighted by Gasteiger charge is 2.06. The van der Waals surface area contributed by atoms with Gasteiger partial charge in [-0.2, -0.15) is 0 Å². The third-order valence-electron chi connectivity index (χ3n) is 3.50. The fourth-order valence-corrected chi connectivity index (χ4v) is 2.19. The Morgan fingerprint density at radius 1 is 0.885 bits per heavy atom. The average Bonchev–Trinajstić information content (AvgIpc) is 2.63. The molecule has 6 nitrogen and oxygen atoms in total. The molecule has 0 radical (unpaired) electrons. The van der Waals surface area contributed by atoms with Crippen LogP contribution in [0.2, 0.25) is 0 Å². The van der Waals surface area contributed by atoms with Crippen LogP contribution in [0.4, 0.5) is 4.79 Å². The lowest BCUT2D eigenvalue weighted by atomic mass is 10.1. The number of ether oxygens (including phenoxy) is 3. The van der Waals surface area contributed by atoms with Crippen molar-refractivity contribution in [3.63, 3.8) is 0 Å². The average molecular weight is 357 g/mol. The van der Waals surface area contributed by atoms with Crippen LogP contribution in [0.15, 0.2) is 48.5 Å². The Morgan fingerprint density at radius 2 is 1.38 bits per heavy atom. The Labute approximate surface area is 152 Å². The van der Waals surface area contributed by atoms with Gasteiger partial charge in [0.25, 0.3) is 6.79 Å². The molecule has 0 aliphatic heterocycles. The second-order valence-corrected chi connectivity index (χ2v) is 5.47. The molecule has 2 aromatic rings. The van der Waals surface area contributed by atoms with E-state index in [1.54, 1.807) is 24.3 Å². The van der Waals surface area contributed by atoms with Crippen molar-refractivity contribution >= 4 is 18.9 Å². The first-order valence-corrected chi connectivity index (χ1v) is 8.14. The summed E-state index contributed by atoms with van der Waals surface area (Å²) in [5.74, 6) is 0.793. The lowest BCUT2D eigenvalue weighted by molar-refractivity contribution is -0.354. The fraction of sp³-hybridized carbons (Fsp3) is 0.250. The first-order chi connectivity index (χ1) is 12.6. The molecule has 0 bridgehead atoms. The van der Waals surface area contributed by atoms with E-state index in [1.165, 1.54) is 6.92 Å². The maximum absolute atomic E-state index is 11.6. The van der Waals surface area contributed by atoms with E-state index in [2.05, 4.69) is 6.79 Å². The van der Waals surface area contributed by atoms with Gasteiger partial charge in [-0.1, -0.05) is 12.1 Å². The molecule has 0 atom stereocenters. The number of esters is 1. The van der Waals surface area contributed by atoms with E-state index in [9.17, 15) is 9.59 Å². The summed E-state index contributed by atoms with van der Waals surface area (Å²) in [6, 6.07) is 14.4. The molecular formula is C20H21O6+. The van der Waals surface area contributed by atoms with Crippen molar-refractivity contribution < 1.29 is 28.2 Å². The Balaban J connectivity index is 1.63. The van der Waals surface area contributed by atoms with Crippen LogP contribution in [0.3, 0.4) is 0 Å². The monoisotopic (exact) mass is 357 g/mol. The van der Waals surface area contributed by atoms with E-state index in [1.807, 2.05) is 24.3 Å². The maximum Gasteiger partial charge on any atom is 0.508 e. The fourth-order valence-electron chi connectivity index (χ4n) is 2.19. The zero-order valence-corrected chi connectivity index (χ0v) is 14.6. The van der Waals surface area contributed by atoms with Crippen LogP contribution in [0.25, 0.3) is 0 Å². The molecule has 0 unspecified atom stereocenters. The molecule has 0 aliphatic carbocycles. The van der Waals surface area contributed by atoms with Crippen molar-refractivity contribution in [2.24, 2.45) is 0 Å². The van der Waals surface area contributed by atoms with Crippen LogP contribution in [0.1, 0.15) is 18.1 Å². The molecule has 0 saturated heterocycles. The summed E-state index contributed by atoms with van der Waals surface area (Å²) >= 11 is 0. The minimum atomic E-state index is -0.695. The molecule has 26 heavy (non-hydrogen) atoms. The van der Waals surface area contributed by atoms with Gasteiger partial charge in [0.05, 0.1) is 13.2 Å². The largest absolute Gasteiger partial charge is 0.508 e. The van der Waals surface area contributed by atoms with Gasteiger partial charge >= 0.3 is 17.9 Å². The third-order valence-corrected chi connectivity index (χ3v) is 3.50. The number of hydrogen-bond donors (Lipinski definition) is 0.